The quantitative estimate of drug-likeness (QED) is 0.517. The topological polar surface area (TPSA) is 56.7 Å². The molecule has 1 fully saturated rings. The fraction of sp³-hybridized carbons (Fsp3) is 0.278. The Morgan fingerprint density at radius 1 is 1.08 bits per heavy atom. The van der Waals surface area contributed by atoms with Gasteiger partial charge in [0.15, 0.2) is 5.17 Å². The van der Waals surface area contributed by atoms with Crippen molar-refractivity contribution in [3.8, 4) is 0 Å². The zero-order valence-electron chi connectivity index (χ0n) is 14.3. The van der Waals surface area contributed by atoms with Gasteiger partial charge in [-0.15, -0.1) is 0 Å². The minimum absolute atomic E-state index is 0.694. The van der Waals surface area contributed by atoms with Crippen LogP contribution in [0.2, 0.25) is 0 Å². The van der Waals surface area contributed by atoms with Gasteiger partial charge in [-0.3, -0.25) is 10.4 Å². The van der Waals surface area contributed by atoms with E-state index in [2.05, 4.69) is 42.9 Å². The van der Waals surface area contributed by atoms with Crippen LogP contribution in [0.5, 0.6) is 0 Å². The summed E-state index contributed by atoms with van der Waals surface area (Å²) in [5, 5.41) is 5.48. The van der Waals surface area contributed by atoms with Gasteiger partial charge in [-0.1, -0.05) is 30.5 Å². The Bertz CT molecular complexity index is 711. The normalized spacial score (nSPS) is 15.2. The fourth-order valence-electron chi connectivity index (χ4n) is 2.63. The van der Waals surface area contributed by atoms with Crippen molar-refractivity contribution in [1.82, 2.24) is 20.3 Å². The zero-order valence-corrected chi connectivity index (χ0v) is 15.1. The summed E-state index contributed by atoms with van der Waals surface area (Å²) in [7, 11) is 0. The summed E-state index contributed by atoms with van der Waals surface area (Å²) in [4.78, 5) is 13.3. The van der Waals surface area contributed by atoms with Crippen molar-refractivity contribution in [2.24, 2.45) is 5.10 Å². The standard InChI is InChI=1S/C18H22N6S/c1-15(16-7-3-5-9-19-16)21-22-18(25-2)24-13-11-23(12-14-24)17-8-4-6-10-20-17/h3-10,21H,1,11-14H2,2H3. The van der Waals surface area contributed by atoms with Crippen LogP contribution in [0.15, 0.2) is 60.5 Å². The van der Waals surface area contributed by atoms with Crippen LogP contribution >= 0.6 is 11.8 Å². The summed E-state index contributed by atoms with van der Waals surface area (Å²) in [5.41, 5.74) is 4.52. The zero-order chi connectivity index (χ0) is 17.5. The predicted octanol–water partition coefficient (Wildman–Crippen LogP) is 2.49. The maximum absolute atomic E-state index is 4.52. The van der Waals surface area contributed by atoms with Crippen LogP contribution in [-0.4, -0.2) is 52.5 Å². The summed E-state index contributed by atoms with van der Waals surface area (Å²) in [6, 6.07) is 11.8. The number of hydrogen-bond acceptors (Lipinski definition) is 6. The highest BCUT2D eigenvalue weighted by atomic mass is 32.2. The molecule has 2 aromatic heterocycles. The van der Waals surface area contributed by atoms with Gasteiger partial charge in [-0.25, -0.2) is 4.98 Å². The molecular weight excluding hydrogens is 332 g/mol. The first kappa shape index (κ1) is 17.3. The Morgan fingerprint density at radius 2 is 1.80 bits per heavy atom. The molecule has 1 aliphatic heterocycles. The summed E-state index contributed by atoms with van der Waals surface area (Å²) < 4.78 is 0. The lowest BCUT2D eigenvalue weighted by molar-refractivity contribution is 0.389. The molecule has 1 aliphatic rings. The molecule has 0 aliphatic carbocycles. The van der Waals surface area contributed by atoms with Gasteiger partial charge in [0.1, 0.15) is 5.82 Å². The van der Waals surface area contributed by atoms with E-state index in [4.69, 9.17) is 0 Å². The third kappa shape index (κ3) is 4.51. The molecule has 0 saturated carbocycles. The van der Waals surface area contributed by atoms with Crippen LogP contribution in [0.1, 0.15) is 5.69 Å². The molecule has 0 amide bonds. The Kier molecular flexibility index (Phi) is 5.90. The van der Waals surface area contributed by atoms with Crippen molar-refractivity contribution in [2.75, 3.05) is 37.3 Å². The second kappa shape index (κ2) is 8.53. The molecule has 1 N–H and O–H groups in total. The molecule has 130 valence electrons. The summed E-state index contributed by atoms with van der Waals surface area (Å²) >= 11 is 1.63. The second-order valence-corrected chi connectivity index (χ2v) is 6.34. The monoisotopic (exact) mass is 354 g/mol. The van der Waals surface area contributed by atoms with E-state index >= 15 is 0 Å². The molecule has 0 spiro atoms. The van der Waals surface area contributed by atoms with Crippen LogP contribution in [0.3, 0.4) is 0 Å². The van der Waals surface area contributed by atoms with Crippen LogP contribution in [0, 0.1) is 0 Å². The van der Waals surface area contributed by atoms with E-state index in [1.54, 1.807) is 18.0 Å². The first-order chi connectivity index (χ1) is 12.3. The highest BCUT2D eigenvalue weighted by Crippen LogP contribution is 2.15. The highest BCUT2D eigenvalue weighted by Gasteiger charge is 2.20. The molecule has 0 radical (unpaired) electrons. The van der Waals surface area contributed by atoms with Crippen molar-refractivity contribution in [2.45, 2.75) is 0 Å². The molecule has 2 aromatic rings. The first-order valence-corrected chi connectivity index (χ1v) is 9.39. The molecule has 25 heavy (non-hydrogen) atoms. The average molecular weight is 354 g/mol. The SMILES string of the molecule is C=C(NN=C(SC)N1CCN(c2ccccn2)CC1)c1ccccn1. The Balaban J connectivity index is 1.58. The third-order valence-electron chi connectivity index (χ3n) is 3.97. The van der Waals surface area contributed by atoms with Gasteiger partial charge >= 0.3 is 0 Å². The van der Waals surface area contributed by atoms with Crippen LogP contribution in [0.25, 0.3) is 5.70 Å². The Hall–Kier alpha value is -2.54. The number of hydrogen-bond donors (Lipinski definition) is 1. The van der Waals surface area contributed by atoms with E-state index in [1.165, 1.54) is 0 Å². The number of anilines is 1. The number of pyridine rings is 2. The summed E-state index contributed by atoms with van der Waals surface area (Å²) in [5.74, 6) is 1.03. The third-order valence-corrected chi connectivity index (χ3v) is 4.68. The van der Waals surface area contributed by atoms with Crippen molar-refractivity contribution in [3.05, 3.63) is 61.1 Å². The molecule has 3 heterocycles. The Morgan fingerprint density at radius 3 is 2.40 bits per heavy atom. The van der Waals surface area contributed by atoms with Gasteiger partial charge in [0.25, 0.3) is 0 Å². The minimum atomic E-state index is 0.694. The van der Waals surface area contributed by atoms with Gasteiger partial charge in [0.2, 0.25) is 0 Å². The van der Waals surface area contributed by atoms with E-state index in [0.717, 1.165) is 42.9 Å². The van der Waals surface area contributed by atoms with Crippen LogP contribution in [0.4, 0.5) is 5.82 Å². The molecule has 0 bridgehead atoms. The second-order valence-electron chi connectivity index (χ2n) is 5.57. The number of nitrogens with one attached hydrogen (secondary N) is 1. The van der Waals surface area contributed by atoms with Gasteiger partial charge in [-0.05, 0) is 30.5 Å². The lowest BCUT2D eigenvalue weighted by atomic mass is 10.3. The lowest BCUT2D eigenvalue weighted by Gasteiger charge is -2.36. The van der Waals surface area contributed by atoms with Crippen molar-refractivity contribution in [3.63, 3.8) is 0 Å². The molecule has 0 aromatic carbocycles. The van der Waals surface area contributed by atoms with Crippen molar-refractivity contribution >= 4 is 28.4 Å². The minimum Gasteiger partial charge on any atom is -0.353 e. The van der Waals surface area contributed by atoms with Gasteiger partial charge < -0.3 is 9.80 Å². The van der Waals surface area contributed by atoms with Gasteiger partial charge in [-0.2, -0.15) is 5.10 Å². The maximum atomic E-state index is 4.52. The summed E-state index contributed by atoms with van der Waals surface area (Å²) in [6.45, 7) is 7.68. The lowest BCUT2D eigenvalue weighted by Crippen LogP contribution is -2.48. The molecule has 7 heteroatoms. The number of thioether (sulfide) groups is 1. The number of amidine groups is 1. The molecule has 1 saturated heterocycles. The number of rotatable bonds is 4. The fourth-order valence-corrected chi connectivity index (χ4v) is 3.20. The van der Waals surface area contributed by atoms with E-state index < -0.39 is 0 Å². The maximum Gasteiger partial charge on any atom is 0.183 e. The average Bonchev–Trinajstić information content (AvgIpc) is 2.70. The van der Waals surface area contributed by atoms with Gasteiger partial charge in [0, 0.05) is 38.6 Å². The first-order valence-electron chi connectivity index (χ1n) is 8.17. The van der Waals surface area contributed by atoms with Crippen molar-refractivity contribution in [1.29, 1.82) is 0 Å². The molecule has 0 atom stereocenters. The van der Waals surface area contributed by atoms with E-state index in [0.29, 0.717) is 5.70 Å². The number of piperazine rings is 1. The van der Waals surface area contributed by atoms with Gasteiger partial charge in [0.05, 0.1) is 11.4 Å². The van der Waals surface area contributed by atoms with Crippen molar-refractivity contribution < 1.29 is 0 Å². The van der Waals surface area contributed by atoms with E-state index in [-0.39, 0.29) is 0 Å². The largest absolute Gasteiger partial charge is 0.353 e. The molecule has 6 nitrogen and oxygen atoms in total. The van der Waals surface area contributed by atoms with E-state index in [9.17, 15) is 0 Å². The molecular formula is C18H22N6S. The number of nitrogens with zero attached hydrogens (tertiary/aromatic N) is 5. The van der Waals surface area contributed by atoms with Crippen LogP contribution in [-0.2, 0) is 0 Å². The summed E-state index contributed by atoms with van der Waals surface area (Å²) in [6.07, 6.45) is 5.62. The highest BCUT2D eigenvalue weighted by molar-refractivity contribution is 8.13. The number of aromatic nitrogens is 2. The van der Waals surface area contributed by atoms with E-state index in [1.807, 2.05) is 42.8 Å². The smallest absolute Gasteiger partial charge is 0.183 e. The number of hydrazone groups is 1. The van der Waals surface area contributed by atoms with Crippen LogP contribution < -0.4 is 10.3 Å². The molecule has 0 unspecified atom stereocenters. The predicted molar refractivity (Wildman–Crippen MR) is 105 cm³/mol. The molecule has 3 rings (SSSR count). The Labute approximate surface area is 152 Å².